The van der Waals surface area contributed by atoms with Gasteiger partial charge in [0, 0.05) is 12.6 Å². The van der Waals surface area contributed by atoms with Gasteiger partial charge < -0.3 is 10.2 Å². The monoisotopic (exact) mass is 259 g/mol. The average molecular weight is 259 g/mol. The molecule has 1 fully saturated rings. The molecule has 5 heteroatoms. The second kappa shape index (κ2) is 6.48. The Labute approximate surface area is 114 Å². The Balaban J connectivity index is 1.80. The molecule has 0 spiro atoms. The molecule has 0 unspecified atom stereocenters. The van der Waals surface area contributed by atoms with Crippen molar-refractivity contribution in [1.29, 1.82) is 5.26 Å². The highest BCUT2D eigenvalue weighted by molar-refractivity contribution is 5.36. The van der Waals surface area contributed by atoms with Gasteiger partial charge in [-0.15, -0.1) is 10.2 Å². The Morgan fingerprint density at radius 3 is 2.53 bits per heavy atom. The second-order valence-electron chi connectivity index (χ2n) is 5.54. The molecule has 19 heavy (non-hydrogen) atoms. The van der Waals surface area contributed by atoms with Crippen LogP contribution in [-0.2, 0) is 0 Å². The standard InChI is InChI=1S/C14H21N5/c1-19(2)10-11-3-5-12(6-4-11)16-14-8-7-13(9-15)17-18-14/h7-8,11-12H,3-6,10H2,1-2H3,(H,16,18). The number of nitrogens with one attached hydrogen (secondary N) is 1. The van der Waals surface area contributed by atoms with Gasteiger partial charge in [0.25, 0.3) is 0 Å². The highest BCUT2D eigenvalue weighted by Gasteiger charge is 2.21. The maximum Gasteiger partial charge on any atom is 0.163 e. The van der Waals surface area contributed by atoms with Crippen molar-refractivity contribution in [3.05, 3.63) is 17.8 Å². The third kappa shape index (κ3) is 4.18. The molecule has 1 aliphatic carbocycles. The SMILES string of the molecule is CN(C)CC1CCC(Nc2ccc(C#N)nn2)CC1. The predicted octanol–water partition coefficient (Wildman–Crippen LogP) is 1.88. The van der Waals surface area contributed by atoms with Crippen molar-refractivity contribution in [3.63, 3.8) is 0 Å². The quantitative estimate of drug-likeness (QED) is 0.894. The van der Waals surface area contributed by atoms with E-state index in [0.29, 0.717) is 11.7 Å². The summed E-state index contributed by atoms with van der Waals surface area (Å²) in [6, 6.07) is 5.99. The van der Waals surface area contributed by atoms with E-state index < -0.39 is 0 Å². The zero-order valence-corrected chi connectivity index (χ0v) is 11.6. The summed E-state index contributed by atoms with van der Waals surface area (Å²) in [4.78, 5) is 2.27. The Hall–Kier alpha value is -1.67. The summed E-state index contributed by atoms with van der Waals surface area (Å²) >= 11 is 0. The molecule has 0 bridgehead atoms. The summed E-state index contributed by atoms with van der Waals surface area (Å²) in [5.74, 6) is 1.59. The first kappa shape index (κ1) is 13.8. The van der Waals surface area contributed by atoms with E-state index in [9.17, 15) is 0 Å². The van der Waals surface area contributed by atoms with Crippen LogP contribution in [0.4, 0.5) is 5.82 Å². The van der Waals surface area contributed by atoms with E-state index in [1.807, 2.05) is 12.1 Å². The lowest BCUT2D eigenvalue weighted by molar-refractivity contribution is 0.255. The molecule has 1 N–H and O–H groups in total. The zero-order valence-electron chi connectivity index (χ0n) is 11.6. The molecule has 1 aromatic rings. The van der Waals surface area contributed by atoms with Gasteiger partial charge in [-0.05, 0) is 57.8 Å². The van der Waals surface area contributed by atoms with Crippen LogP contribution in [0, 0.1) is 17.2 Å². The van der Waals surface area contributed by atoms with Crippen LogP contribution in [0.2, 0.25) is 0 Å². The molecule has 1 heterocycles. The minimum atomic E-state index is 0.361. The first-order valence-corrected chi connectivity index (χ1v) is 6.82. The van der Waals surface area contributed by atoms with Crippen molar-refractivity contribution in [1.82, 2.24) is 15.1 Å². The normalized spacial score (nSPS) is 23.1. The molecular formula is C14H21N5. The largest absolute Gasteiger partial charge is 0.366 e. The number of hydrogen-bond donors (Lipinski definition) is 1. The molecule has 102 valence electrons. The highest BCUT2D eigenvalue weighted by atomic mass is 15.2. The van der Waals surface area contributed by atoms with Gasteiger partial charge >= 0.3 is 0 Å². The highest BCUT2D eigenvalue weighted by Crippen LogP contribution is 2.26. The first-order valence-electron chi connectivity index (χ1n) is 6.82. The van der Waals surface area contributed by atoms with E-state index in [1.165, 1.54) is 32.2 Å². The predicted molar refractivity (Wildman–Crippen MR) is 74.7 cm³/mol. The fourth-order valence-corrected chi connectivity index (χ4v) is 2.68. The van der Waals surface area contributed by atoms with E-state index in [1.54, 1.807) is 6.07 Å². The van der Waals surface area contributed by atoms with E-state index in [4.69, 9.17) is 5.26 Å². The maximum atomic E-state index is 8.67. The van der Waals surface area contributed by atoms with Crippen LogP contribution < -0.4 is 5.32 Å². The van der Waals surface area contributed by atoms with E-state index in [-0.39, 0.29) is 0 Å². The van der Waals surface area contributed by atoms with Crippen LogP contribution >= 0.6 is 0 Å². The van der Waals surface area contributed by atoms with Crippen LogP contribution in [0.1, 0.15) is 31.4 Å². The second-order valence-corrected chi connectivity index (χ2v) is 5.54. The summed E-state index contributed by atoms with van der Waals surface area (Å²) < 4.78 is 0. The van der Waals surface area contributed by atoms with Gasteiger partial charge in [-0.1, -0.05) is 0 Å². The molecule has 2 rings (SSSR count). The summed E-state index contributed by atoms with van der Waals surface area (Å²) in [5, 5.41) is 19.9. The van der Waals surface area contributed by atoms with Crippen LogP contribution in [-0.4, -0.2) is 41.8 Å². The molecule has 1 saturated carbocycles. The topological polar surface area (TPSA) is 64.8 Å². The van der Waals surface area contributed by atoms with Gasteiger partial charge in [0.1, 0.15) is 11.9 Å². The molecule has 0 atom stereocenters. The van der Waals surface area contributed by atoms with Crippen molar-refractivity contribution >= 4 is 5.82 Å². The van der Waals surface area contributed by atoms with E-state index in [2.05, 4.69) is 34.5 Å². The summed E-state index contributed by atoms with van der Waals surface area (Å²) in [5.41, 5.74) is 0.361. The van der Waals surface area contributed by atoms with Gasteiger partial charge in [0.15, 0.2) is 5.69 Å². The number of nitriles is 1. The molecule has 0 saturated heterocycles. The maximum absolute atomic E-state index is 8.67. The summed E-state index contributed by atoms with van der Waals surface area (Å²) in [7, 11) is 4.27. The number of rotatable bonds is 4. The van der Waals surface area contributed by atoms with E-state index >= 15 is 0 Å². The van der Waals surface area contributed by atoms with Gasteiger partial charge in [0.05, 0.1) is 0 Å². The van der Waals surface area contributed by atoms with Crippen molar-refractivity contribution < 1.29 is 0 Å². The molecule has 0 radical (unpaired) electrons. The van der Waals surface area contributed by atoms with Crippen molar-refractivity contribution in [2.75, 3.05) is 26.0 Å². The molecule has 1 aliphatic rings. The van der Waals surface area contributed by atoms with Gasteiger partial charge in [-0.25, -0.2) is 0 Å². The van der Waals surface area contributed by atoms with Crippen molar-refractivity contribution in [3.8, 4) is 6.07 Å². The third-order valence-corrected chi connectivity index (χ3v) is 3.60. The van der Waals surface area contributed by atoms with Crippen LogP contribution in [0.5, 0.6) is 0 Å². The fraction of sp³-hybridized carbons (Fsp3) is 0.643. The first-order chi connectivity index (χ1) is 9.17. The number of anilines is 1. The Morgan fingerprint density at radius 1 is 1.26 bits per heavy atom. The molecule has 1 aromatic heterocycles. The minimum Gasteiger partial charge on any atom is -0.366 e. The average Bonchev–Trinajstić information content (AvgIpc) is 2.41. The number of nitrogens with zero attached hydrogens (tertiary/aromatic N) is 4. The Kier molecular flexibility index (Phi) is 4.69. The smallest absolute Gasteiger partial charge is 0.163 e. The summed E-state index contributed by atoms with van der Waals surface area (Å²) in [6.07, 6.45) is 4.89. The Morgan fingerprint density at radius 2 is 2.00 bits per heavy atom. The van der Waals surface area contributed by atoms with Crippen molar-refractivity contribution in [2.24, 2.45) is 5.92 Å². The van der Waals surface area contributed by atoms with Gasteiger partial charge in [-0.3, -0.25) is 0 Å². The molecular weight excluding hydrogens is 238 g/mol. The third-order valence-electron chi connectivity index (χ3n) is 3.60. The number of hydrogen-bond acceptors (Lipinski definition) is 5. The van der Waals surface area contributed by atoms with Gasteiger partial charge in [-0.2, -0.15) is 5.26 Å². The lowest BCUT2D eigenvalue weighted by atomic mass is 9.86. The van der Waals surface area contributed by atoms with Gasteiger partial charge in [0.2, 0.25) is 0 Å². The van der Waals surface area contributed by atoms with Crippen LogP contribution in [0.25, 0.3) is 0 Å². The number of aromatic nitrogens is 2. The van der Waals surface area contributed by atoms with Crippen molar-refractivity contribution in [2.45, 2.75) is 31.7 Å². The molecule has 0 amide bonds. The Bertz CT molecular complexity index is 426. The zero-order chi connectivity index (χ0) is 13.7. The fourth-order valence-electron chi connectivity index (χ4n) is 2.68. The lowest BCUT2D eigenvalue weighted by Crippen LogP contribution is -2.31. The van der Waals surface area contributed by atoms with Crippen LogP contribution in [0.15, 0.2) is 12.1 Å². The van der Waals surface area contributed by atoms with E-state index in [0.717, 1.165) is 11.7 Å². The molecule has 0 aromatic carbocycles. The molecule has 0 aliphatic heterocycles. The minimum absolute atomic E-state index is 0.361. The molecule has 5 nitrogen and oxygen atoms in total. The van der Waals surface area contributed by atoms with Crippen LogP contribution in [0.3, 0.4) is 0 Å². The lowest BCUT2D eigenvalue weighted by Gasteiger charge is -2.30. The summed E-state index contributed by atoms with van der Waals surface area (Å²) in [6.45, 7) is 1.18.